The summed E-state index contributed by atoms with van der Waals surface area (Å²) in [6.45, 7) is 5.98. The highest BCUT2D eigenvalue weighted by Gasteiger charge is 2.26. The van der Waals surface area contributed by atoms with Crippen LogP contribution in [0.15, 0.2) is 40.5 Å². The lowest BCUT2D eigenvalue weighted by Gasteiger charge is -2.33. The van der Waals surface area contributed by atoms with Gasteiger partial charge in [0.25, 0.3) is 0 Å². The molecule has 0 bridgehead atoms. The molecule has 2 aliphatic heterocycles. The van der Waals surface area contributed by atoms with Gasteiger partial charge in [0.05, 0.1) is 5.69 Å². The van der Waals surface area contributed by atoms with Gasteiger partial charge in [-0.2, -0.15) is 0 Å². The predicted molar refractivity (Wildman–Crippen MR) is 118 cm³/mol. The fourth-order valence-electron chi connectivity index (χ4n) is 4.16. The Morgan fingerprint density at radius 3 is 2.83 bits per heavy atom. The van der Waals surface area contributed by atoms with E-state index >= 15 is 0 Å². The number of carbonyl (C=O) groups excluding carboxylic acids is 1. The number of anilines is 2. The molecule has 1 amide bonds. The van der Waals surface area contributed by atoms with Crippen LogP contribution in [0.1, 0.15) is 31.7 Å². The van der Waals surface area contributed by atoms with E-state index < -0.39 is 0 Å². The molecule has 1 aromatic carbocycles. The highest BCUT2D eigenvalue weighted by Crippen LogP contribution is 2.46. The zero-order valence-electron chi connectivity index (χ0n) is 17.6. The number of nitrogens with one attached hydrogen (secondary N) is 1. The van der Waals surface area contributed by atoms with Crippen molar-refractivity contribution in [3.05, 3.63) is 36.2 Å². The second-order valence-electron chi connectivity index (χ2n) is 7.93. The quantitative estimate of drug-likeness (QED) is 0.726. The minimum atomic E-state index is 0.0640. The van der Waals surface area contributed by atoms with Crippen LogP contribution < -0.4 is 10.2 Å². The summed E-state index contributed by atoms with van der Waals surface area (Å²) in [4.78, 5) is 25.9. The molecule has 1 N–H and O–H groups in total. The first-order valence-corrected chi connectivity index (χ1v) is 11.3. The average Bonchev–Trinajstić information content (AvgIpc) is 2.75. The molecule has 2 aromatic rings. The number of hydrogen-bond acceptors (Lipinski definition) is 7. The van der Waals surface area contributed by atoms with Crippen LogP contribution in [0, 0.1) is 5.92 Å². The van der Waals surface area contributed by atoms with Crippen molar-refractivity contribution in [3.63, 3.8) is 0 Å². The topological polar surface area (TPSA) is 70.6 Å². The number of carbonyl (C=O) groups is 1. The number of rotatable bonds is 7. The number of nitrogens with zero attached hydrogens (tertiary/aromatic N) is 4. The first-order chi connectivity index (χ1) is 14.6. The first-order valence-electron chi connectivity index (χ1n) is 10.5. The summed E-state index contributed by atoms with van der Waals surface area (Å²) in [6, 6.07) is 6.68. The van der Waals surface area contributed by atoms with E-state index in [1.807, 2.05) is 0 Å². The molecule has 0 atom stereocenters. The lowest BCUT2D eigenvalue weighted by Crippen LogP contribution is -2.34. The molecule has 2 aliphatic rings. The van der Waals surface area contributed by atoms with E-state index in [1.165, 1.54) is 23.3 Å². The Morgan fingerprint density at radius 1 is 1.27 bits per heavy atom. The highest BCUT2D eigenvalue weighted by molar-refractivity contribution is 7.99. The van der Waals surface area contributed by atoms with Gasteiger partial charge in [0, 0.05) is 44.4 Å². The molecule has 4 rings (SSSR count). The third-order valence-electron chi connectivity index (χ3n) is 5.72. The lowest BCUT2D eigenvalue weighted by atomic mass is 9.93. The number of likely N-dealkylation sites (tertiary alicyclic amines) is 1. The van der Waals surface area contributed by atoms with Crippen LogP contribution in [0.2, 0.25) is 0 Å². The fraction of sp³-hybridized carbons (Fsp3) is 0.500. The van der Waals surface area contributed by atoms with E-state index in [1.54, 1.807) is 38.2 Å². The van der Waals surface area contributed by atoms with Crippen molar-refractivity contribution in [3.8, 4) is 0 Å². The standard InChI is InChI=1S/C22H29N5O2S/c1-16(28)23-8-5-17-6-11-26(12-7-17)14-18-3-4-20-19(13-18)27(15-29-2)21-22(30-20)25-10-9-24-21/h3-4,9-10,13,17H,5-8,11-12,14-15H2,1-2H3,(H,23,28). The van der Waals surface area contributed by atoms with Gasteiger partial charge in [-0.3, -0.25) is 14.6 Å². The zero-order chi connectivity index (χ0) is 20.9. The van der Waals surface area contributed by atoms with Crippen molar-refractivity contribution >= 4 is 29.2 Å². The Labute approximate surface area is 182 Å². The summed E-state index contributed by atoms with van der Waals surface area (Å²) >= 11 is 1.66. The molecule has 7 nitrogen and oxygen atoms in total. The highest BCUT2D eigenvalue weighted by atomic mass is 32.2. The largest absolute Gasteiger partial charge is 0.364 e. The van der Waals surface area contributed by atoms with Crippen LogP contribution >= 0.6 is 11.8 Å². The number of aromatic nitrogens is 2. The van der Waals surface area contributed by atoms with E-state index in [9.17, 15) is 4.79 Å². The molecule has 1 saturated heterocycles. The van der Waals surface area contributed by atoms with Crippen LogP contribution in [-0.2, 0) is 16.1 Å². The molecule has 0 unspecified atom stereocenters. The molecule has 1 fully saturated rings. The minimum Gasteiger partial charge on any atom is -0.364 e. The van der Waals surface area contributed by atoms with Crippen LogP contribution in [-0.4, -0.2) is 54.2 Å². The van der Waals surface area contributed by atoms with Gasteiger partial charge in [0.2, 0.25) is 5.91 Å². The molecular weight excluding hydrogens is 398 g/mol. The Kier molecular flexibility index (Phi) is 6.86. The third kappa shape index (κ3) is 4.94. The van der Waals surface area contributed by atoms with Crippen molar-refractivity contribution in [2.75, 3.05) is 38.4 Å². The van der Waals surface area contributed by atoms with Crippen molar-refractivity contribution in [1.82, 2.24) is 20.2 Å². The number of methoxy groups -OCH3 is 1. The van der Waals surface area contributed by atoms with E-state index in [0.29, 0.717) is 12.6 Å². The van der Waals surface area contributed by atoms with Gasteiger partial charge >= 0.3 is 0 Å². The van der Waals surface area contributed by atoms with Crippen LogP contribution in [0.5, 0.6) is 0 Å². The second kappa shape index (κ2) is 9.76. The maximum atomic E-state index is 11.0. The van der Waals surface area contributed by atoms with Crippen molar-refractivity contribution in [2.24, 2.45) is 5.92 Å². The molecule has 8 heteroatoms. The number of piperidine rings is 1. The van der Waals surface area contributed by atoms with Gasteiger partial charge in [-0.15, -0.1) is 0 Å². The monoisotopic (exact) mass is 427 g/mol. The van der Waals surface area contributed by atoms with Crippen LogP contribution in [0.3, 0.4) is 0 Å². The van der Waals surface area contributed by atoms with E-state index in [4.69, 9.17) is 4.74 Å². The fourth-order valence-corrected chi connectivity index (χ4v) is 5.14. The average molecular weight is 428 g/mol. The Hall–Kier alpha value is -2.16. The van der Waals surface area contributed by atoms with Gasteiger partial charge < -0.3 is 10.1 Å². The summed E-state index contributed by atoms with van der Waals surface area (Å²) in [5.74, 6) is 1.63. The predicted octanol–water partition coefficient (Wildman–Crippen LogP) is 3.42. The van der Waals surface area contributed by atoms with Gasteiger partial charge in [0.1, 0.15) is 11.8 Å². The number of benzene rings is 1. The third-order valence-corrected chi connectivity index (χ3v) is 6.77. The number of hydrogen-bond donors (Lipinski definition) is 1. The summed E-state index contributed by atoms with van der Waals surface area (Å²) in [6.07, 6.45) is 6.93. The Balaban J connectivity index is 1.39. The SMILES string of the molecule is COCN1c2cc(CN3CCC(CCNC(C)=O)CC3)ccc2Sc2nccnc21. The van der Waals surface area contributed by atoms with Crippen LogP contribution in [0.25, 0.3) is 0 Å². The summed E-state index contributed by atoms with van der Waals surface area (Å²) in [5, 5.41) is 3.83. The molecule has 0 aliphatic carbocycles. The summed E-state index contributed by atoms with van der Waals surface area (Å²) < 4.78 is 5.46. The maximum absolute atomic E-state index is 11.0. The molecular formula is C22H29N5O2S. The molecule has 30 heavy (non-hydrogen) atoms. The van der Waals surface area contributed by atoms with Crippen LogP contribution in [0.4, 0.5) is 11.5 Å². The Bertz CT molecular complexity index is 886. The van der Waals surface area contributed by atoms with E-state index in [2.05, 4.69) is 43.3 Å². The second-order valence-corrected chi connectivity index (χ2v) is 8.96. The van der Waals surface area contributed by atoms with Crippen molar-refractivity contribution in [2.45, 2.75) is 42.7 Å². The van der Waals surface area contributed by atoms with Crippen molar-refractivity contribution in [1.29, 1.82) is 0 Å². The van der Waals surface area contributed by atoms with Crippen molar-refractivity contribution < 1.29 is 9.53 Å². The molecule has 0 spiro atoms. The molecule has 160 valence electrons. The summed E-state index contributed by atoms with van der Waals surface area (Å²) in [7, 11) is 1.71. The van der Waals surface area contributed by atoms with E-state index in [0.717, 1.165) is 49.1 Å². The van der Waals surface area contributed by atoms with Gasteiger partial charge in [0.15, 0.2) is 5.82 Å². The Morgan fingerprint density at radius 2 is 2.07 bits per heavy atom. The number of fused-ring (bicyclic) bond motifs is 2. The normalized spacial score (nSPS) is 16.8. The number of ether oxygens (including phenoxy) is 1. The molecule has 0 saturated carbocycles. The van der Waals surface area contributed by atoms with E-state index in [-0.39, 0.29) is 5.91 Å². The number of amides is 1. The smallest absolute Gasteiger partial charge is 0.216 e. The molecule has 1 aromatic heterocycles. The minimum absolute atomic E-state index is 0.0640. The van der Waals surface area contributed by atoms with Gasteiger partial charge in [-0.25, -0.2) is 9.97 Å². The first kappa shape index (κ1) is 21.1. The lowest BCUT2D eigenvalue weighted by molar-refractivity contribution is -0.119. The molecule has 3 heterocycles. The van der Waals surface area contributed by atoms with Gasteiger partial charge in [-0.05, 0) is 56.0 Å². The zero-order valence-corrected chi connectivity index (χ0v) is 18.5. The summed E-state index contributed by atoms with van der Waals surface area (Å²) in [5.41, 5.74) is 2.44. The van der Waals surface area contributed by atoms with Gasteiger partial charge in [-0.1, -0.05) is 17.8 Å². The maximum Gasteiger partial charge on any atom is 0.216 e. The molecule has 0 radical (unpaired) electrons.